The van der Waals surface area contributed by atoms with Crippen LogP contribution in [0, 0.1) is 10.1 Å². The second kappa shape index (κ2) is 5.24. The molecule has 1 N–H and O–H groups in total. The predicted molar refractivity (Wildman–Crippen MR) is 81.5 cm³/mol. The van der Waals surface area contributed by atoms with Gasteiger partial charge >= 0.3 is 0 Å². The first-order valence-corrected chi connectivity index (χ1v) is 6.55. The third kappa shape index (κ3) is 2.43. The van der Waals surface area contributed by atoms with Crippen LogP contribution in [0.15, 0.2) is 48.5 Å². The van der Waals surface area contributed by atoms with Crippen molar-refractivity contribution in [2.24, 2.45) is 0 Å². The Kier molecular flexibility index (Phi) is 3.27. The van der Waals surface area contributed by atoms with Gasteiger partial charge in [-0.15, -0.1) is 0 Å². The quantitative estimate of drug-likeness (QED) is 0.589. The van der Waals surface area contributed by atoms with Crippen LogP contribution in [0.2, 0.25) is 0 Å². The first-order chi connectivity index (χ1) is 10.2. The number of fused-ring (bicyclic) bond motifs is 1. The monoisotopic (exact) mass is 282 g/mol. The van der Waals surface area contributed by atoms with E-state index in [0.29, 0.717) is 6.54 Å². The minimum atomic E-state index is -0.393. The molecule has 1 aromatic heterocycles. The standard InChI is InChI=1S/C15H14N4O2/c1-16-15-17-13-4-2-3-5-14(13)18(15)10-11-6-8-12(9-7-11)19(20)21/h2-9H,10H2,1H3,(H,16,17). The SMILES string of the molecule is CNc1nc2ccccc2n1Cc1ccc([N+](=O)[O-])cc1. The third-order valence-corrected chi connectivity index (χ3v) is 3.37. The maximum absolute atomic E-state index is 10.7. The fourth-order valence-electron chi connectivity index (χ4n) is 2.33. The van der Waals surface area contributed by atoms with Gasteiger partial charge in [-0.1, -0.05) is 24.3 Å². The normalized spacial score (nSPS) is 10.7. The molecule has 106 valence electrons. The molecular weight excluding hydrogens is 268 g/mol. The summed E-state index contributed by atoms with van der Waals surface area (Å²) in [6.45, 7) is 0.606. The second-order valence-corrected chi connectivity index (χ2v) is 4.68. The average molecular weight is 282 g/mol. The van der Waals surface area contributed by atoms with E-state index in [-0.39, 0.29) is 5.69 Å². The molecule has 3 aromatic rings. The molecular formula is C15H14N4O2. The molecule has 0 bridgehead atoms. The highest BCUT2D eigenvalue weighted by Gasteiger charge is 2.10. The molecule has 0 saturated heterocycles. The predicted octanol–water partition coefficient (Wildman–Crippen LogP) is 3.03. The number of para-hydroxylation sites is 2. The fraction of sp³-hybridized carbons (Fsp3) is 0.133. The molecule has 6 nitrogen and oxygen atoms in total. The summed E-state index contributed by atoms with van der Waals surface area (Å²) in [5.41, 5.74) is 3.03. The number of hydrogen-bond acceptors (Lipinski definition) is 4. The van der Waals surface area contributed by atoms with Gasteiger partial charge in [0.1, 0.15) is 0 Å². The van der Waals surface area contributed by atoms with Gasteiger partial charge in [-0.2, -0.15) is 0 Å². The molecule has 0 spiro atoms. The van der Waals surface area contributed by atoms with E-state index in [1.54, 1.807) is 12.1 Å². The molecule has 21 heavy (non-hydrogen) atoms. The van der Waals surface area contributed by atoms with Crippen molar-refractivity contribution in [1.29, 1.82) is 0 Å². The molecule has 0 radical (unpaired) electrons. The smallest absolute Gasteiger partial charge is 0.269 e. The lowest BCUT2D eigenvalue weighted by molar-refractivity contribution is -0.384. The van der Waals surface area contributed by atoms with Crippen LogP contribution in [0.4, 0.5) is 11.6 Å². The summed E-state index contributed by atoms with van der Waals surface area (Å²) in [6.07, 6.45) is 0. The maximum Gasteiger partial charge on any atom is 0.269 e. The van der Waals surface area contributed by atoms with Crippen LogP contribution in [0.3, 0.4) is 0 Å². The molecule has 0 aliphatic heterocycles. The van der Waals surface area contributed by atoms with Gasteiger partial charge in [0.2, 0.25) is 5.95 Å². The van der Waals surface area contributed by atoms with Gasteiger partial charge in [-0.25, -0.2) is 4.98 Å². The summed E-state index contributed by atoms with van der Waals surface area (Å²) in [4.78, 5) is 14.8. The number of benzene rings is 2. The van der Waals surface area contributed by atoms with Crippen molar-refractivity contribution >= 4 is 22.7 Å². The number of nitrogens with one attached hydrogen (secondary N) is 1. The second-order valence-electron chi connectivity index (χ2n) is 4.68. The van der Waals surface area contributed by atoms with Crippen molar-refractivity contribution in [3.8, 4) is 0 Å². The zero-order valence-electron chi connectivity index (χ0n) is 11.5. The third-order valence-electron chi connectivity index (χ3n) is 3.37. The number of nitro benzene ring substituents is 1. The van der Waals surface area contributed by atoms with Gasteiger partial charge in [0, 0.05) is 19.2 Å². The van der Waals surface area contributed by atoms with Crippen molar-refractivity contribution in [1.82, 2.24) is 9.55 Å². The van der Waals surface area contributed by atoms with E-state index in [4.69, 9.17) is 0 Å². The van der Waals surface area contributed by atoms with E-state index in [0.717, 1.165) is 22.5 Å². The maximum atomic E-state index is 10.7. The van der Waals surface area contributed by atoms with Crippen LogP contribution >= 0.6 is 0 Å². The van der Waals surface area contributed by atoms with Gasteiger partial charge < -0.3 is 9.88 Å². The number of anilines is 1. The van der Waals surface area contributed by atoms with Crippen LogP contribution in [-0.4, -0.2) is 21.5 Å². The summed E-state index contributed by atoms with van der Waals surface area (Å²) in [5, 5.41) is 13.8. The number of rotatable bonds is 4. The van der Waals surface area contributed by atoms with Crippen LogP contribution in [-0.2, 0) is 6.54 Å². The lowest BCUT2D eigenvalue weighted by Gasteiger charge is -2.08. The average Bonchev–Trinajstić information content (AvgIpc) is 2.86. The number of aromatic nitrogens is 2. The van der Waals surface area contributed by atoms with Crippen molar-refractivity contribution in [3.63, 3.8) is 0 Å². The Labute approximate surface area is 121 Å². The van der Waals surface area contributed by atoms with Crippen LogP contribution in [0.25, 0.3) is 11.0 Å². The highest BCUT2D eigenvalue weighted by atomic mass is 16.6. The van der Waals surface area contributed by atoms with E-state index >= 15 is 0 Å². The number of nitro groups is 1. The van der Waals surface area contributed by atoms with E-state index in [2.05, 4.69) is 14.9 Å². The lowest BCUT2D eigenvalue weighted by atomic mass is 10.2. The highest BCUT2D eigenvalue weighted by Crippen LogP contribution is 2.21. The van der Waals surface area contributed by atoms with Crippen molar-refractivity contribution < 1.29 is 4.92 Å². The number of non-ortho nitro benzene ring substituents is 1. The Balaban J connectivity index is 1.99. The highest BCUT2D eigenvalue weighted by molar-refractivity contribution is 5.78. The topological polar surface area (TPSA) is 73.0 Å². The fourth-order valence-corrected chi connectivity index (χ4v) is 2.33. The molecule has 0 saturated carbocycles. The van der Waals surface area contributed by atoms with Crippen LogP contribution in [0.5, 0.6) is 0 Å². The number of nitrogens with zero attached hydrogens (tertiary/aromatic N) is 3. The molecule has 3 rings (SSSR count). The van der Waals surface area contributed by atoms with E-state index < -0.39 is 4.92 Å². The van der Waals surface area contributed by atoms with E-state index in [1.807, 2.05) is 31.3 Å². The Hall–Kier alpha value is -2.89. The van der Waals surface area contributed by atoms with Crippen molar-refractivity contribution in [3.05, 3.63) is 64.2 Å². The van der Waals surface area contributed by atoms with E-state index in [1.165, 1.54) is 12.1 Å². The lowest BCUT2D eigenvalue weighted by Crippen LogP contribution is -2.05. The molecule has 1 heterocycles. The minimum Gasteiger partial charge on any atom is -0.359 e. The van der Waals surface area contributed by atoms with E-state index in [9.17, 15) is 10.1 Å². The minimum absolute atomic E-state index is 0.100. The molecule has 2 aromatic carbocycles. The zero-order valence-corrected chi connectivity index (χ0v) is 11.5. The summed E-state index contributed by atoms with van der Waals surface area (Å²) >= 11 is 0. The molecule has 6 heteroatoms. The molecule has 0 fully saturated rings. The van der Waals surface area contributed by atoms with Gasteiger partial charge in [-0.3, -0.25) is 10.1 Å². The summed E-state index contributed by atoms with van der Waals surface area (Å²) in [5.74, 6) is 0.773. The van der Waals surface area contributed by atoms with Crippen LogP contribution < -0.4 is 5.32 Å². The number of hydrogen-bond donors (Lipinski definition) is 1. The Morgan fingerprint density at radius 1 is 1.19 bits per heavy atom. The zero-order chi connectivity index (χ0) is 14.8. The molecule has 0 atom stereocenters. The van der Waals surface area contributed by atoms with Gasteiger partial charge in [0.25, 0.3) is 5.69 Å². The summed E-state index contributed by atoms with van der Waals surface area (Å²) < 4.78 is 2.05. The van der Waals surface area contributed by atoms with Crippen LogP contribution in [0.1, 0.15) is 5.56 Å². The molecule has 0 amide bonds. The molecule has 0 aliphatic rings. The van der Waals surface area contributed by atoms with Gasteiger partial charge in [-0.05, 0) is 17.7 Å². The number of imidazole rings is 1. The van der Waals surface area contributed by atoms with Gasteiger partial charge in [0.05, 0.1) is 22.5 Å². The Bertz CT molecular complexity index is 793. The first kappa shape index (κ1) is 13.1. The molecule has 0 aliphatic carbocycles. The largest absolute Gasteiger partial charge is 0.359 e. The van der Waals surface area contributed by atoms with Crippen molar-refractivity contribution in [2.75, 3.05) is 12.4 Å². The Morgan fingerprint density at radius 3 is 2.57 bits per heavy atom. The summed E-state index contributed by atoms with van der Waals surface area (Å²) in [7, 11) is 1.83. The summed E-state index contributed by atoms with van der Waals surface area (Å²) in [6, 6.07) is 14.5. The van der Waals surface area contributed by atoms with Crippen molar-refractivity contribution in [2.45, 2.75) is 6.54 Å². The Morgan fingerprint density at radius 2 is 1.90 bits per heavy atom. The molecule has 0 unspecified atom stereocenters. The van der Waals surface area contributed by atoms with Gasteiger partial charge in [0.15, 0.2) is 0 Å². The first-order valence-electron chi connectivity index (χ1n) is 6.55.